The highest BCUT2D eigenvalue weighted by Gasteiger charge is 2.34. The molecule has 2 atom stereocenters. The molecule has 3 aliphatic rings. The van der Waals surface area contributed by atoms with Gasteiger partial charge in [0.05, 0.1) is 17.8 Å². The molecule has 0 N–H and O–H groups in total. The minimum atomic E-state index is -0.0474. The Labute approximate surface area is 300 Å². The summed E-state index contributed by atoms with van der Waals surface area (Å²) >= 11 is 0. The molecule has 2 aliphatic heterocycles. The summed E-state index contributed by atoms with van der Waals surface area (Å²) < 4.78 is 8.59. The number of fused-ring (bicyclic) bond motifs is 7. The van der Waals surface area contributed by atoms with Gasteiger partial charge < -0.3 is 14.2 Å². The summed E-state index contributed by atoms with van der Waals surface area (Å²) in [4.78, 5) is 2.26. The van der Waals surface area contributed by atoms with Crippen molar-refractivity contribution >= 4 is 28.7 Å². The van der Waals surface area contributed by atoms with E-state index in [0.29, 0.717) is 5.92 Å². The monoisotopic (exact) mass is 660 g/mol. The van der Waals surface area contributed by atoms with Crippen LogP contribution in [0.15, 0.2) is 189 Å². The van der Waals surface area contributed by atoms with Crippen molar-refractivity contribution in [3.8, 4) is 22.6 Å². The van der Waals surface area contributed by atoms with Crippen molar-refractivity contribution in [3.63, 3.8) is 0 Å². The Bertz CT molecular complexity index is 2370. The van der Waals surface area contributed by atoms with Gasteiger partial charge in [-0.3, -0.25) is 0 Å². The predicted molar refractivity (Wildman–Crippen MR) is 216 cm³/mol. The lowest BCUT2D eigenvalue weighted by atomic mass is 9.86. The maximum atomic E-state index is 6.10. The first kappa shape index (κ1) is 31.9. The summed E-state index contributed by atoms with van der Waals surface area (Å²) in [5.74, 6) is 1.20. The summed E-state index contributed by atoms with van der Waals surface area (Å²) in [6.45, 7) is 16.7. The van der Waals surface area contributed by atoms with Crippen LogP contribution in [0.3, 0.4) is 0 Å². The fraction of sp³-hybridized carbons (Fsp3) is 0.0833. The SMILES string of the molecule is C=C/C=C\C(=C)C(=C)/C=C\C(=C)N(c1ccc(-c2ccc3c(c2)C2CC=Cc4c2n-3c2ccccc42)cc1)C1/C=C/Oc2ccccc2/C=C/C1. The van der Waals surface area contributed by atoms with Crippen LogP contribution in [0.25, 0.3) is 39.9 Å². The smallest absolute Gasteiger partial charge is 0.133 e. The summed E-state index contributed by atoms with van der Waals surface area (Å²) in [5.41, 5.74) is 13.7. The van der Waals surface area contributed by atoms with E-state index in [1.165, 1.54) is 44.5 Å². The number of rotatable bonds is 9. The van der Waals surface area contributed by atoms with Gasteiger partial charge in [-0.25, -0.2) is 0 Å². The summed E-state index contributed by atoms with van der Waals surface area (Å²) in [5, 5.41) is 1.33. The average Bonchev–Trinajstić information content (AvgIpc) is 3.71. The van der Waals surface area contributed by atoms with Crippen molar-refractivity contribution in [1.29, 1.82) is 0 Å². The molecule has 0 saturated carbocycles. The first-order valence-corrected chi connectivity index (χ1v) is 17.5. The van der Waals surface area contributed by atoms with Gasteiger partial charge >= 0.3 is 0 Å². The van der Waals surface area contributed by atoms with Crippen LogP contribution in [-0.2, 0) is 0 Å². The molecule has 0 radical (unpaired) electrons. The molecule has 3 nitrogen and oxygen atoms in total. The molecule has 0 amide bonds. The van der Waals surface area contributed by atoms with Gasteiger partial charge in [-0.15, -0.1) is 0 Å². The lowest BCUT2D eigenvalue weighted by Gasteiger charge is -2.32. The van der Waals surface area contributed by atoms with Gasteiger partial charge in [-0.2, -0.15) is 0 Å². The van der Waals surface area contributed by atoms with Crippen LogP contribution >= 0.6 is 0 Å². The molecule has 248 valence electrons. The van der Waals surface area contributed by atoms with Gasteiger partial charge in [-0.1, -0.05) is 130 Å². The van der Waals surface area contributed by atoms with E-state index in [4.69, 9.17) is 4.74 Å². The maximum Gasteiger partial charge on any atom is 0.133 e. The molecule has 0 spiro atoms. The van der Waals surface area contributed by atoms with Crippen LogP contribution in [0.1, 0.15) is 41.1 Å². The number of hydrogen-bond acceptors (Lipinski definition) is 2. The van der Waals surface area contributed by atoms with E-state index < -0.39 is 0 Å². The van der Waals surface area contributed by atoms with Crippen molar-refractivity contribution < 1.29 is 4.74 Å². The molecule has 8 rings (SSSR count). The quantitative estimate of drug-likeness (QED) is 0.146. The van der Waals surface area contributed by atoms with Crippen LogP contribution in [0.5, 0.6) is 5.75 Å². The number of para-hydroxylation sites is 2. The van der Waals surface area contributed by atoms with E-state index in [1.54, 1.807) is 12.3 Å². The number of ether oxygens (including phenoxy) is 1. The van der Waals surface area contributed by atoms with Gasteiger partial charge in [0.15, 0.2) is 0 Å². The van der Waals surface area contributed by atoms with E-state index in [2.05, 4.69) is 139 Å². The fourth-order valence-electron chi connectivity index (χ4n) is 7.58. The molecule has 4 aromatic carbocycles. The zero-order chi connectivity index (χ0) is 34.9. The number of allylic oxidation sites excluding steroid dienone is 8. The topological polar surface area (TPSA) is 17.4 Å². The van der Waals surface area contributed by atoms with Crippen LogP contribution in [-0.4, -0.2) is 10.6 Å². The average molecular weight is 661 g/mol. The minimum Gasteiger partial charge on any atom is -0.465 e. The third kappa shape index (κ3) is 5.87. The fourth-order valence-corrected chi connectivity index (χ4v) is 7.58. The lowest BCUT2D eigenvalue weighted by molar-refractivity contribution is 0.476. The molecular formula is C48H40N2O. The Morgan fingerprint density at radius 2 is 1.55 bits per heavy atom. The summed E-state index contributed by atoms with van der Waals surface area (Å²) in [6.07, 6.45) is 24.1. The van der Waals surface area contributed by atoms with Gasteiger partial charge in [0.1, 0.15) is 5.75 Å². The number of nitrogens with zero attached hydrogens (tertiary/aromatic N) is 2. The summed E-state index contributed by atoms with van der Waals surface area (Å²) in [7, 11) is 0. The predicted octanol–water partition coefficient (Wildman–Crippen LogP) is 12.3. The van der Waals surface area contributed by atoms with Crippen LogP contribution in [0.4, 0.5) is 5.69 Å². The molecular weight excluding hydrogens is 621 g/mol. The molecule has 51 heavy (non-hydrogen) atoms. The third-order valence-electron chi connectivity index (χ3n) is 10.1. The first-order chi connectivity index (χ1) is 25.0. The Morgan fingerprint density at radius 3 is 2.41 bits per heavy atom. The Kier molecular flexibility index (Phi) is 8.47. The summed E-state index contributed by atoms with van der Waals surface area (Å²) in [6, 6.07) is 32.6. The molecule has 2 unspecified atom stereocenters. The molecule has 1 aromatic heterocycles. The van der Waals surface area contributed by atoms with Crippen molar-refractivity contribution in [2.24, 2.45) is 0 Å². The second-order valence-electron chi connectivity index (χ2n) is 13.2. The van der Waals surface area contributed by atoms with E-state index in [-0.39, 0.29) is 6.04 Å². The number of hydrogen-bond donors (Lipinski definition) is 0. The standard InChI is InChI=1S/C48H40N2O/c1-5-6-13-33(2)34(3)22-23-35(4)49(39-16-11-15-37-14-7-10-21-47(37)51-31-30-39)40-27-24-36(25-28-40)38-26-29-46-44(32-38)43-19-12-18-42-41-17-8-9-20-45(41)50(46)48(42)43/h5-15,17-18,20-32,39,43H,1-4,16,19H2/b13-6-,15-11+,23-22-,31-30+. The zero-order valence-corrected chi connectivity index (χ0v) is 28.7. The van der Waals surface area contributed by atoms with Gasteiger partial charge in [0, 0.05) is 45.2 Å². The van der Waals surface area contributed by atoms with Crippen molar-refractivity contribution in [1.82, 2.24) is 4.57 Å². The van der Waals surface area contributed by atoms with E-state index in [1.807, 2.05) is 42.5 Å². The van der Waals surface area contributed by atoms with E-state index in [0.717, 1.165) is 46.7 Å². The van der Waals surface area contributed by atoms with Crippen molar-refractivity contribution in [2.75, 3.05) is 4.90 Å². The molecule has 3 heteroatoms. The van der Waals surface area contributed by atoms with Crippen molar-refractivity contribution in [2.45, 2.75) is 24.8 Å². The second kappa shape index (κ2) is 13.5. The first-order valence-electron chi connectivity index (χ1n) is 17.5. The second-order valence-corrected chi connectivity index (χ2v) is 13.2. The van der Waals surface area contributed by atoms with E-state index >= 15 is 0 Å². The molecule has 0 bridgehead atoms. The minimum absolute atomic E-state index is 0.0474. The molecule has 3 heterocycles. The van der Waals surface area contributed by atoms with E-state index in [9.17, 15) is 0 Å². The maximum absolute atomic E-state index is 6.10. The number of aromatic nitrogens is 1. The Morgan fingerprint density at radius 1 is 0.784 bits per heavy atom. The van der Waals surface area contributed by atoms with Crippen LogP contribution in [0.2, 0.25) is 0 Å². The molecule has 0 saturated heterocycles. The molecule has 5 aromatic rings. The largest absolute Gasteiger partial charge is 0.465 e. The highest BCUT2D eigenvalue weighted by atomic mass is 16.5. The third-order valence-corrected chi connectivity index (χ3v) is 10.1. The molecule has 0 fully saturated rings. The molecule has 1 aliphatic carbocycles. The lowest BCUT2D eigenvalue weighted by Crippen LogP contribution is -2.32. The van der Waals surface area contributed by atoms with Crippen LogP contribution in [0, 0.1) is 0 Å². The Hall–Kier alpha value is -6.32. The Balaban J connectivity index is 1.12. The van der Waals surface area contributed by atoms with Crippen molar-refractivity contribution in [3.05, 3.63) is 211 Å². The number of benzene rings is 4. The van der Waals surface area contributed by atoms with Gasteiger partial charge in [0.2, 0.25) is 0 Å². The normalized spacial score (nSPS) is 18.2. The van der Waals surface area contributed by atoms with Crippen LogP contribution < -0.4 is 9.64 Å². The van der Waals surface area contributed by atoms with Gasteiger partial charge in [0.25, 0.3) is 0 Å². The van der Waals surface area contributed by atoms with Gasteiger partial charge in [-0.05, 0) is 89.2 Å². The highest BCUT2D eigenvalue weighted by molar-refractivity contribution is 5.95. The number of anilines is 1. The highest BCUT2D eigenvalue weighted by Crippen LogP contribution is 2.49. The zero-order valence-electron chi connectivity index (χ0n) is 28.7.